The van der Waals surface area contributed by atoms with Gasteiger partial charge < -0.3 is 4.74 Å². The number of ether oxygens (including phenoxy) is 1. The molecule has 78 valence electrons. The van der Waals surface area contributed by atoms with Crippen LogP contribution in [0.5, 0.6) is 0 Å². The van der Waals surface area contributed by atoms with Crippen LogP contribution in [0.2, 0.25) is 0 Å². The smallest absolute Gasteiger partial charge is 0.0628 e. The van der Waals surface area contributed by atoms with Crippen molar-refractivity contribution in [3.63, 3.8) is 0 Å². The minimum atomic E-state index is 0.0159. The third-order valence-electron chi connectivity index (χ3n) is 2.61. The first-order valence-corrected chi connectivity index (χ1v) is 5.41. The van der Waals surface area contributed by atoms with Gasteiger partial charge in [-0.25, -0.2) is 0 Å². The molecule has 0 aromatic carbocycles. The van der Waals surface area contributed by atoms with Crippen LogP contribution in [0.4, 0.5) is 0 Å². The highest BCUT2D eigenvalue weighted by atomic mass is 16.5. The molecule has 0 unspecified atom stereocenters. The highest BCUT2D eigenvalue weighted by Crippen LogP contribution is 2.18. The van der Waals surface area contributed by atoms with Crippen LogP contribution in [0.15, 0.2) is 0 Å². The third-order valence-corrected chi connectivity index (χ3v) is 2.61. The van der Waals surface area contributed by atoms with Gasteiger partial charge in [0.05, 0.1) is 12.2 Å². The van der Waals surface area contributed by atoms with Crippen LogP contribution in [0, 0.1) is 0 Å². The molecule has 0 aromatic rings. The van der Waals surface area contributed by atoms with Crippen LogP contribution in [-0.4, -0.2) is 36.2 Å². The Bertz CT molecular complexity index is 151. The van der Waals surface area contributed by atoms with Crippen molar-refractivity contribution in [2.24, 2.45) is 0 Å². The summed E-state index contributed by atoms with van der Waals surface area (Å²) in [5, 5.41) is 0. The van der Waals surface area contributed by atoms with Crippen molar-refractivity contribution in [1.29, 1.82) is 0 Å². The van der Waals surface area contributed by atoms with Crippen LogP contribution < -0.4 is 0 Å². The highest BCUT2D eigenvalue weighted by molar-refractivity contribution is 4.78. The molecule has 0 amide bonds. The highest BCUT2D eigenvalue weighted by Gasteiger charge is 2.24. The van der Waals surface area contributed by atoms with Gasteiger partial charge in [-0.15, -0.1) is 0 Å². The van der Waals surface area contributed by atoms with E-state index in [2.05, 4.69) is 32.6 Å². The number of rotatable bonds is 3. The summed E-state index contributed by atoms with van der Waals surface area (Å²) >= 11 is 0. The lowest BCUT2D eigenvalue weighted by atomic mass is 10.2. The average molecular weight is 185 g/mol. The lowest BCUT2D eigenvalue weighted by molar-refractivity contribution is -0.0275. The van der Waals surface area contributed by atoms with Crippen molar-refractivity contribution < 1.29 is 4.74 Å². The molecule has 1 aliphatic heterocycles. The molecule has 13 heavy (non-hydrogen) atoms. The maximum Gasteiger partial charge on any atom is 0.0628 e. The maximum atomic E-state index is 5.80. The van der Waals surface area contributed by atoms with E-state index < -0.39 is 0 Å². The number of hydrogen-bond acceptors (Lipinski definition) is 2. The normalized spacial score (nSPS) is 25.4. The number of nitrogens with zero attached hydrogens (tertiary/aromatic N) is 1. The van der Waals surface area contributed by atoms with Crippen molar-refractivity contribution in [2.75, 3.05) is 19.7 Å². The van der Waals surface area contributed by atoms with Gasteiger partial charge in [-0.2, -0.15) is 0 Å². The molecular formula is C11H23NO. The summed E-state index contributed by atoms with van der Waals surface area (Å²) in [6.07, 6.45) is 2.65. The second-order valence-electron chi connectivity index (χ2n) is 4.85. The summed E-state index contributed by atoms with van der Waals surface area (Å²) in [5.74, 6) is 0. The predicted octanol–water partition coefficient (Wildman–Crippen LogP) is 2.29. The fourth-order valence-electron chi connectivity index (χ4n) is 1.85. The second-order valence-corrected chi connectivity index (χ2v) is 4.85. The summed E-state index contributed by atoms with van der Waals surface area (Å²) in [7, 11) is 0. The predicted molar refractivity (Wildman–Crippen MR) is 56.0 cm³/mol. The Morgan fingerprint density at radius 2 is 2.08 bits per heavy atom. The Hall–Kier alpha value is -0.0800. The lowest BCUT2D eigenvalue weighted by Gasteiger charge is -2.27. The molecule has 0 radical (unpaired) electrons. The first-order chi connectivity index (χ1) is 6.03. The van der Waals surface area contributed by atoms with Gasteiger partial charge in [0.15, 0.2) is 0 Å². The van der Waals surface area contributed by atoms with Gasteiger partial charge in [0.1, 0.15) is 0 Å². The van der Waals surface area contributed by atoms with Crippen LogP contribution >= 0.6 is 0 Å². The molecule has 0 bridgehead atoms. The number of likely N-dealkylation sites (N-methyl/N-ethyl adjacent to an activating group) is 1. The monoisotopic (exact) mass is 185 g/mol. The van der Waals surface area contributed by atoms with E-state index in [0.717, 1.165) is 13.2 Å². The zero-order valence-corrected chi connectivity index (χ0v) is 9.47. The molecule has 1 fully saturated rings. The van der Waals surface area contributed by atoms with Crippen molar-refractivity contribution >= 4 is 0 Å². The molecular weight excluding hydrogens is 162 g/mol. The Morgan fingerprint density at radius 3 is 2.62 bits per heavy atom. The Morgan fingerprint density at radius 1 is 1.38 bits per heavy atom. The zero-order chi connectivity index (χ0) is 9.90. The van der Waals surface area contributed by atoms with Gasteiger partial charge in [0.2, 0.25) is 0 Å². The van der Waals surface area contributed by atoms with Gasteiger partial charge in [0.25, 0.3) is 0 Å². The fourth-order valence-corrected chi connectivity index (χ4v) is 1.85. The largest absolute Gasteiger partial charge is 0.374 e. The van der Waals surface area contributed by atoms with Gasteiger partial charge >= 0.3 is 0 Å². The number of hydrogen-bond donors (Lipinski definition) is 0. The lowest BCUT2D eigenvalue weighted by Crippen LogP contribution is -2.35. The van der Waals surface area contributed by atoms with Gasteiger partial charge in [-0.05, 0) is 46.7 Å². The van der Waals surface area contributed by atoms with E-state index in [-0.39, 0.29) is 5.60 Å². The molecule has 1 aliphatic rings. The van der Waals surface area contributed by atoms with Crippen molar-refractivity contribution in [2.45, 2.75) is 52.2 Å². The van der Waals surface area contributed by atoms with Crippen LogP contribution in [0.3, 0.4) is 0 Å². The standard InChI is InChI=1S/C11H23NO/c1-5-12-8-6-7-10(12)9-13-11(2,3)4/h10H,5-9H2,1-4H3/t10-/m0/s1. The van der Waals surface area contributed by atoms with E-state index in [1.54, 1.807) is 0 Å². The van der Waals surface area contributed by atoms with E-state index in [1.807, 2.05) is 0 Å². The van der Waals surface area contributed by atoms with Crippen molar-refractivity contribution in [3.8, 4) is 0 Å². The zero-order valence-electron chi connectivity index (χ0n) is 9.47. The topological polar surface area (TPSA) is 12.5 Å². The van der Waals surface area contributed by atoms with Gasteiger partial charge in [-0.1, -0.05) is 6.92 Å². The Labute approximate surface area is 82.3 Å². The number of likely N-dealkylation sites (tertiary alicyclic amines) is 1. The van der Waals surface area contributed by atoms with E-state index in [9.17, 15) is 0 Å². The molecule has 0 saturated carbocycles. The summed E-state index contributed by atoms with van der Waals surface area (Å²) in [6.45, 7) is 11.9. The van der Waals surface area contributed by atoms with Crippen molar-refractivity contribution in [3.05, 3.63) is 0 Å². The summed E-state index contributed by atoms with van der Waals surface area (Å²) in [6, 6.07) is 0.671. The van der Waals surface area contributed by atoms with Crippen LogP contribution in [0.25, 0.3) is 0 Å². The molecule has 1 rings (SSSR count). The molecule has 1 heterocycles. The van der Waals surface area contributed by atoms with Crippen LogP contribution in [-0.2, 0) is 4.74 Å². The minimum absolute atomic E-state index is 0.0159. The van der Waals surface area contributed by atoms with Gasteiger partial charge in [-0.3, -0.25) is 4.90 Å². The SMILES string of the molecule is CCN1CCC[C@H]1COC(C)(C)C. The molecule has 2 heteroatoms. The molecule has 0 spiro atoms. The molecule has 0 aromatic heterocycles. The van der Waals surface area contributed by atoms with Crippen molar-refractivity contribution in [1.82, 2.24) is 4.90 Å². The fraction of sp³-hybridized carbons (Fsp3) is 1.00. The average Bonchev–Trinajstić information content (AvgIpc) is 2.46. The van der Waals surface area contributed by atoms with E-state index in [1.165, 1.54) is 19.4 Å². The molecule has 0 aliphatic carbocycles. The molecule has 2 nitrogen and oxygen atoms in total. The molecule has 1 atom stereocenters. The summed E-state index contributed by atoms with van der Waals surface area (Å²) in [4.78, 5) is 2.52. The first kappa shape index (κ1) is 11.0. The second kappa shape index (κ2) is 4.43. The third kappa shape index (κ3) is 3.65. The van der Waals surface area contributed by atoms with Gasteiger partial charge in [0, 0.05) is 6.04 Å². The van der Waals surface area contributed by atoms with Crippen LogP contribution in [0.1, 0.15) is 40.5 Å². The minimum Gasteiger partial charge on any atom is -0.374 e. The summed E-state index contributed by atoms with van der Waals surface area (Å²) < 4.78 is 5.80. The Balaban J connectivity index is 2.28. The first-order valence-electron chi connectivity index (χ1n) is 5.41. The maximum absolute atomic E-state index is 5.80. The van der Waals surface area contributed by atoms with E-state index >= 15 is 0 Å². The Kier molecular flexibility index (Phi) is 3.74. The quantitative estimate of drug-likeness (QED) is 0.669. The van der Waals surface area contributed by atoms with E-state index in [4.69, 9.17) is 4.74 Å². The molecule has 0 N–H and O–H groups in total. The molecule has 1 saturated heterocycles. The van der Waals surface area contributed by atoms with E-state index in [0.29, 0.717) is 6.04 Å². The summed E-state index contributed by atoms with van der Waals surface area (Å²) in [5.41, 5.74) is 0.0159.